The zero-order valence-electron chi connectivity index (χ0n) is 14.9. The van der Waals surface area contributed by atoms with Gasteiger partial charge >= 0.3 is 5.97 Å². The van der Waals surface area contributed by atoms with Gasteiger partial charge in [-0.15, -0.1) is 0 Å². The van der Waals surface area contributed by atoms with Crippen LogP contribution >= 0.6 is 0 Å². The fraction of sp³-hybridized carbons (Fsp3) is 0.632. The highest BCUT2D eigenvalue weighted by molar-refractivity contribution is 5.69. The van der Waals surface area contributed by atoms with Crippen molar-refractivity contribution in [3.63, 3.8) is 0 Å². The summed E-state index contributed by atoms with van der Waals surface area (Å²) in [5.41, 5.74) is 1.28. The van der Waals surface area contributed by atoms with Crippen molar-refractivity contribution in [2.45, 2.75) is 45.7 Å². The molecule has 24 heavy (non-hydrogen) atoms. The van der Waals surface area contributed by atoms with Crippen LogP contribution in [0.2, 0.25) is 0 Å². The Balaban J connectivity index is 1.83. The summed E-state index contributed by atoms with van der Waals surface area (Å²) in [7, 11) is 0. The molecule has 0 radical (unpaired) electrons. The van der Waals surface area contributed by atoms with E-state index in [0.29, 0.717) is 6.04 Å². The van der Waals surface area contributed by atoms with E-state index < -0.39 is 5.97 Å². The molecule has 0 spiro atoms. The Bertz CT molecular complexity index is 513. The molecule has 1 heterocycles. The Hall–Kier alpha value is -1.59. The van der Waals surface area contributed by atoms with Crippen molar-refractivity contribution in [3.05, 3.63) is 29.8 Å². The molecule has 0 amide bonds. The van der Waals surface area contributed by atoms with Gasteiger partial charge in [0.25, 0.3) is 0 Å². The van der Waals surface area contributed by atoms with Crippen LogP contribution in [0.3, 0.4) is 0 Å². The minimum atomic E-state index is -0.733. The Labute approximate surface area is 145 Å². The Morgan fingerprint density at radius 3 is 2.71 bits per heavy atom. The summed E-state index contributed by atoms with van der Waals surface area (Å²) in [5.74, 6) is 0.214. The summed E-state index contributed by atoms with van der Waals surface area (Å²) in [6, 6.07) is 8.73. The first-order valence-corrected chi connectivity index (χ1v) is 9.02. The van der Waals surface area contributed by atoms with E-state index in [4.69, 9.17) is 9.84 Å². The molecule has 0 aromatic heterocycles. The van der Waals surface area contributed by atoms with Crippen LogP contribution in [0.1, 0.15) is 38.7 Å². The summed E-state index contributed by atoms with van der Waals surface area (Å²) in [4.78, 5) is 15.5. The van der Waals surface area contributed by atoms with Gasteiger partial charge in [0.05, 0.1) is 13.2 Å². The number of carboxylic acid groups (broad SMARTS) is 1. The topological polar surface area (TPSA) is 53.0 Å². The van der Waals surface area contributed by atoms with Gasteiger partial charge in [0.15, 0.2) is 0 Å². The maximum Gasteiger partial charge on any atom is 0.317 e. The summed E-state index contributed by atoms with van der Waals surface area (Å²) >= 11 is 0. The standard InChI is InChI=1S/C19H30N2O3/c1-3-12-24-18-7-5-6-16(13-18)14-20-10-8-17(9-11-20)21(4-2)15-19(22)23/h5-7,13,17H,3-4,8-12,14-15H2,1-2H3,(H,22,23). The number of carbonyl (C=O) groups is 1. The van der Waals surface area contributed by atoms with Crippen LogP contribution in [0, 0.1) is 0 Å². The lowest BCUT2D eigenvalue weighted by molar-refractivity contribution is -0.139. The lowest BCUT2D eigenvalue weighted by Crippen LogP contribution is -2.46. The highest BCUT2D eigenvalue weighted by atomic mass is 16.5. The second-order valence-corrected chi connectivity index (χ2v) is 6.46. The zero-order valence-corrected chi connectivity index (χ0v) is 14.9. The molecule has 0 bridgehead atoms. The molecule has 1 saturated heterocycles. The third-order valence-electron chi connectivity index (χ3n) is 4.60. The third-order valence-corrected chi connectivity index (χ3v) is 4.60. The number of hydrogen-bond acceptors (Lipinski definition) is 4. The second kappa shape index (κ2) is 9.64. The van der Waals surface area contributed by atoms with Crippen LogP contribution in [-0.2, 0) is 11.3 Å². The maximum atomic E-state index is 11.0. The number of rotatable bonds is 9. The van der Waals surface area contributed by atoms with Crippen molar-refractivity contribution < 1.29 is 14.6 Å². The van der Waals surface area contributed by atoms with Gasteiger partial charge in [-0.3, -0.25) is 14.6 Å². The van der Waals surface area contributed by atoms with Crippen molar-refractivity contribution in [1.82, 2.24) is 9.80 Å². The van der Waals surface area contributed by atoms with E-state index >= 15 is 0 Å². The molecule has 1 aromatic rings. The number of ether oxygens (including phenoxy) is 1. The zero-order chi connectivity index (χ0) is 17.4. The summed E-state index contributed by atoms with van der Waals surface area (Å²) in [6.45, 7) is 8.81. The van der Waals surface area contributed by atoms with Crippen molar-refractivity contribution in [1.29, 1.82) is 0 Å². The lowest BCUT2D eigenvalue weighted by Gasteiger charge is -2.37. The van der Waals surface area contributed by atoms with Crippen LogP contribution in [0.15, 0.2) is 24.3 Å². The van der Waals surface area contributed by atoms with Crippen molar-refractivity contribution in [2.24, 2.45) is 0 Å². The van der Waals surface area contributed by atoms with Crippen molar-refractivity contribution in [3.8, 4) is 5.75 Å². The van der Waals surface area contributed by atoms with Gasteiger partial charge in [-0.25, -0.2) is 0 Å². The van der Waals surface area contributed by atoms with Gasteiger partial charge < -0.3 is 9.84 Å². The van der Waals surface area contributed by atoms with E-state index in [1.165, 1.54) is 5.56 Å². The van der Waals surface area contributed by atoms with Gasteiger partial charge in [-0.2, -0.15) is 0 Å². The predicted molar refractivity (Wildman–Crippen MR) is 95.4 cm³/mol. The fourth-order valence-corrected chi connectivity index (χ4v) is 3.33. The predicted octanol–water partition coefficient (Wildman–Crippen LogP) is 2.85. The monoisotopic (exact) mass is 334 g/mol. The molecule has 134 valence electrons. The Kier molecular flexibility index (Phi) is 7.53. The molecule has 0 unspecified atom stereocenters. The lowest BCUT2D eigenvalue weighted by atomic mass is 10.0. The highest BCUT2D eigenvalue weighted by Gasteiger charge is 2.24. The average Bonchev–Trinajstić information content (AvgIpc) is 2.59. The number of hydrogen-bond donors (Lipinski definition) is 1. The van der Waals surface area contributed by atoms with Gasteiger partial charge in [0.1, 0.15) is 5.75 Å². The minimum absolute atomic E-state index is 0.151. The fourth-order valence-electron chi connectivity index (χ4n) is 3.33. The van der Waals surface area contributed by atoms with Gasteiger partial charge in [0, 0.05) is 12.6 Å². The Morgan fingerprint density at radius 1 is 1.33 bits per heavy atom. The molecule has 5 nitrogen and oxygen atoms in total. The molecule has 1 aromatic carbocycles. The molecule has 0 atom stereocenters. The molecule has 0 aliphatic carbocycles. The van der Waals surface area contributed by atoms with E-state index in [0.717, 1.165) is 57.8 Å². The molecule has 2 rings (SSSR count). The van der Waals surface area contributed by atoms with Gasteiger partial charge in [-0.05, 0) is 56.6 Å². The van der Waals surface area contributed by atoms with Crippen LogP contribution in [0.4, 0.5) is 0 Å². The smallest absolute Gasteiger partial charge is 0.317 e. The summed E-state index contributed by atoms with van der Waals surface area (Å²) in [6.07, 6.45) is 3.09. The molecule has 0 saturated carbocycles. The summed E-state index contributed by atoms with van der Waals surface area (Å²) < 4.78 is 5.70. The second-order valence-electron chi connectivity index (χ2n) is 6.46. The SMILES string of the molecule is CCCOc1cccc(CN2CCC(N(CC)CC(=O)O)CC2)c1. The normalized spacial score (nSPS) is 16.5. The number of benzene rings is 1. The van der Waals surface area contributed by atoms with Crippen LogP contribution in [-0.4, -0.2) is 59.7 Å². The number of nitrogens with zero attached hydrogens (tertiary/aromatic N) is 2. The molecule has 1 fully saturated rings. The average molecular weight is 334 g/mol. The molecular formula is C19H30N2O3. The molecule has 1 aliphatic rings. The maximum absolute atomic E-state index is 11.0. The summed E-state index contributed by atoms with van der Waals surface area (Å²) in [5, 5.41) is 9.02. The van der Waals surface area contributed by atoms with Crippen LogP contribution < -0.4 is 4.74 Å². The number of aliphatic carboxylic acids is 1. The third kappa shape index (κ3) is 5.80. The van der Waals surface area contributed by atoms with Gasteiger partial charge in [-0.1, -0.05) is 26.0 Å². The number of carboxylic acids is 1. The van der Waals surface area contributed by atoms with E-state index in [1.54, 1.807) is 0 Å². The number of likely N-dealkylation sites (tertiary alicyclic amines) is 1. The van der Waals surface area contributed by atoms with Crippen molar-refractivity contribution >= 4 is 5.97 Å². The molecule has 5 heteroatoms. The quantitative estimate of drug-likeness (QED) is 0.752. The van der Waals surface area contributed by atoms with E-state index in [1.807, 2.05) is 13.0 Å². The van der Waals surface area contributed by atoms with Gasteiger partial charge in [0.2, 0.25) is 0 Å². The number of likely N-dealkylation sites (N-methyl/N-ethyl adjacent to an activating group) is 1. The first-order chi connectivity index (χ1) is 11.6. The largest absolute Gasteiger partial charge is 0.494 e. The molecule has 1 aliphatic heterocycles. The first kappa shape index (κ1) is 18.7. The number of piperidine rings is 1. The van der Waals surface area contributed by atoms with Crippen molar-refractivity contribution in [2.75, 3.05) is 32.8 Å². The van der Waals surface area contributed by atoms with E-state index in [-0.39, 0.29) is 6.54 Å². The molecular weight excluding hydrogens is 304 g/mol. The van der Waals surface area contributed by atoms with Crippen LogP contribution in [0.25, 0.3) is 0 Å². The minimum Gasteiger partial charge on any atom is -0.494 e. The Morgan fingerprint density at radius 2 is 2.08 bits per heavy atom. The first-order valence-electron chi connectivity index (χ1n) is 9.02. The molecule has 1 N–H and O–H groups in total. The van der Waals surface area contributed by atoms with Crippen LogP contribution in [0.5, 0.6) is 5.75 Å². The van der Waals surface area contributed by atoms with E-state index in [9.17, 15) is 4.79 Å². The van der Waals surface area contributed by atoms with E-state index in [2.05, 4.69) is 34.9 Å². The highest BCUT2D eigenvalue weighted by Crippen LogP contribution is 2.20.